The van der Waals surface area contributed by atoms with Gasteiger partial charge in [-0.05, 0) is 32.9 Å². The fourth-order valence-corrected chi connectivity index (χ4v) is 5.45. The zero-order chi connectivity index (χ0) is 13.1. The van der Waals surface area contributed by atoms with Gasteiger partial charge in [0.15, 0.2) is 0 Å². The number of nitrogens with one attached hydrogen (secondary N) is 1. The Hall–Kier alpha value is -0.0400. The van der Waals surface area contributed by atoms with Crippen LogP contribution in [0, 0.1) is 0 Å². The zero-order valence-corrected chi connectivity index (χ0v) is 13.1. The molecule has 98 valence electrons. The van der Waals surface area contributed by atoms with Crippen molar-refractivity contribution in [3.8, 4) is 0 Å². The fraction of sp³-hybridized carbons (Fsp3) is 0.636. The van der Waals surface area contributed by atoms with E-state index in [9.17, 15) is 8.42 Å². The first-order chi connectivity index (χ1) is 7.76. The van der Waals surface area contributed by atoms with Crippen molar-refractivity contribution in [1.29, 1.82) is 0 Å². The SMILES string of the molecule is CCCSc1cscc1S(=O)(=O)NC(C)(C)C. The van der Waals surface area contributed by atoms with E-state index in [1.807, 2.05) is 26.2 Å². The quantitative estimate of drug-likeness (QED) is 0.847. The molecule has 0 bridgehead atoms. The van der Waals surface area contributed by atoms with Crippen molar-refractivity contribution in [2.24, 2.45) is 0 Å². The van der Waals surface area contributed by atoms with Gasteiger partial charge in [0.05, 0.1) is 0 Å². The highest BCUT2D eigenvalue weighted by Crippen LogP contribution is 2.31. The molecule has 1 aromatic rings. The van der Waals surface area contributed by atoms with Gasteiger partial charge in [0.2, 0.25) is 10.0 Å². The normalized spacial score (nSPS) is 12.9. The molecule has 0 fully saturated rings. The third-order valence-electron chi connectivity index (χ3n) is 1.78. The van der Waals surface area contributed by atoms with Crippen LogP contribution in [0.5, 0.6) is 0 Å². The van der Waals surface area contributed by atoms with E-state index in [2.05, 4.69) is 11.6 Å². The van der Waals surface area contributed by atoms with E-state index in [0.717, 1.165) is 17.1 Å². The Balaban J connectivity index is 2.95. The highest BCUT2D eigenvalue weighted by atomic mass is 32.2. The lowest BCUT2D eigenvalue weighted by Gasteiger charge is -2.20. The van der Waals surface area contributed by atoms with Gasteiger partial charge in [0.1, 0.15) is 4.90 Å². The van der Waals surface area contributed by atoms with Gasteiger partial charge in [-0.3, -0.25) is 0 Å². The molecule has 0 spiro atoms. The molecule has 0 amide bonds. The third kappa shape index (κ3) is 4.62. The van der Waals surface area contributed by atoms with E-state index in [-0.39, 0.29) is 0 Å². The lowest BCUT2D eigenvalue weighted by molar-refractivity contribution is 0.491. The van der Waals surface area contributed by atoms with Crippen molar-refractivity contribution in [2.45, 2.75) is 49.4 Å². The Kier molecular flexibility index (Phi) is 5.07. The Labute approximate surface area is 112 Å². The van der Waals surface area contributed by atoms with Crippen LogP contribution < -0.4 is 4.72 Å². The van der Waals surface area contributed by atoms with E-state index in [1.54, 1.807) is 17.1 Å². The van der Waals surface area contributed by atoms with Crippen LogP contribution >= 0.6 is 23.1 Å². The minimum absolute atomic E-state index is 0.413. The van der Waals surface area contributed by atoms with Crippen LogP contribution in [0.4, 0.5) is 0 Å². The van der Waals surface area contributed by atoms with Gasteiger partial charge in [-0.25, -0.2) is 13.1 Å². The molecule has 1 rings (SSSR count). The lowest BCUT2D eigenvalue weighted by Crippen LogP contribution is -2.40. The highest BCUT2D eigenvalue weighted by Gasteiger charge is 2.25. The molecule has 0 saturated heterocycles. The summed E-state index contributed by atoms with van der Waals surface area (Å²) in [4.78, 5) is 1.27. The molecule has 6 heteroatoms. The number of sulfonamides is 1. The number of hydrogen-bond acceptors (Lipinski definition) is 4. The van der Waals surface area contributed by atoms with Crippen LogP contribution in [-0.4, -0.2) is 19.7 Å². The summed E-state index contributed by atoms with van der Waals surface area (Å²) in [5.41, 5.74) is -0.451. The summed E-state index contributed by atoms with van der Waals surface area (Å²) in [6.07, 6.45) is 1.03. The second-order valence-electron chi connectivity index (χ2n) is 4.80. The largest absolute Gasteiger partial charge is 0.242 e. The van der Waals surface area contributed by atoms with Crippen LogP contribution in [-0.2, 0) is 10.0 Å². The predicted molar refractivity (Wildman–Crippen MR) is 75.4 cm³/mol. The summed E-state index contributed by atoms with van der Waals surface area (Å²) >= 11 is 3.03. The molecule has 0 aromatic carbocycles. The Morgan fingerprint density at radius 2 is 2.00 bits per heavy atom. The topological polar surface area (TPSA) is 46.2 Å². The van der Waals surface area contributed by atoms with Crippen LogP contribution in [0.25, 0.3) is 0 Å². The maximum Gasteiger partial charge on any atom is 0.242 e. The molecule has 0 saturated carbocycles. The summed E-state index contributed by atoms with van der Waals surface area (Å²) in [5.74, 6) is 0.939. The van der Waals surface area contributed by atoms with Crippen molar-refractivity contribution in [1.82, 2.24) is 4.72 Å². The van der Waals surface area contributed by atoms with Gasteiger partial charge < -0.3 is 0 Å². The minimum atomic E-state index is -3.40. The van der Waals surface area contributed by atoms with Crippen molar-refractivity contribution in [3.63, 3.8) is 0 Å². The van der Waals surface area contributed by atoms with Crippen LogP contribution in [0.2, 0.25) is 0 Å². The summed E-state index contributed by atoms with van der Waals surface area (Å²) in [6, 6.07) is 0. The Bertz CT molecular complexity index is 457. The zero-order valence-electron chi connectivity index (χ0n) is 10.6. The van der Waals surface area contributed by atoms with E-state index in [0.29, 0.717) is 4.90 Å². The molecular formula is C11H19NO2S3. The van der Waals surface area contributed by atoms with E-state index < -0.39 is 15.6 Å². The van der Waals surface area contributed by atoms with E-state index >= 15 is 0 Å². The first kappa shape index (κ1) is 15.0. The lowest BCUT2D eigenvalue weighted by atomic mass is 10.1. The van der Waals surface area contributed by atoms with Gasteiger partial charge in [0, 0.05) is 21.2 Å². The predicted octanol–water partition coefficient (Wildman–Crippen LogP) is 3.33. The first-order valence-corrected chi connectivity index (χ1v) is 8.90. The van der Waals surface area contributed by atoms with Gasteiger partial charge in [-0.1, -0.05) is 6.92 Å². The summed E-state index contributed by atoms with van der Waals surface area (Å²) < 4.78 is 27.0. The van der Waals surface area contributed by atoms with Gasteiger partial charge >= 0.3 is 0 Å². The van der Waals surface area contributed by atoms with Crippen molar-refractivity contribution < 1.29 is 8.42 Å². The molecule has 0 unspecified atom stereocenters. The average Bonchev–Trinajstić information content (AvgIpc) is 2.59. The number of rotatable bonds is 5. The number of hydrogen-bond donors (Lipinski definition) is 1. The summed E-state index contributed by atoms with van der Waals surface area (Å²) in [7, 11) is -3.40. The van der Waals surface area contributed by atoms with E-state index in [4.69, 9.17) is 0 Å². The molecule has 1 heterocycles. The minimum Gasteiger partial charge on any atom is -0.207 e. The Morgan fingerprint density at radius 1 is 1.35 bits per heavy atom. The van der Waals surface area contributed by atoms with Gasteiger partial charge in [-0.2, -0.15) is 0 Å². The van der Waals surface area contributed by atoms with Gasteiger partial charge in [-0.15, -0.1) is 23.1 Å². The van der Waals surface area contributed by atoms with Crippen molar-refractivity contribution >= 4 is 33.1 Å². The maximum absolute atomic E-state index is 12.2. The molecule has 0 aliphatic heterocycles. The van der Waals surface area contributed by atoms with Crippen LogP contribution in [0.15, 0.2) is 20.6 Å². The molecule has 17 heavy (non-hydrogen) atoms. The fourth-order valence-electron chi connectivity index (χ4n) is 1.24. The number of thiophene rings is 1. The maximum atomic E-state index is 12.2. The third-order valence-corrected chi connectivity index (χ3v) is 6.01. The summed E-state index contributed by atoms with van der Waals surface area (Å²) in [6.45, 7) is 7.61. The molecule has 1 N–H and O–H groups in total. The molecule has 0 aliphatic rings. The van der Waals surface area contributed by atoms with E-state index in [1.165, 1.54) is 11.3 Å². The highest BCUT2D eigenvalue weighted by molar-refractivity contribution is 8.00. The standard InChI is InChI=1S/C11H19NO2S3/c1-5-6-16-9-7-15-8-10(9)17(13,14)12-11(2,3)4/h7-8,12H,5-6H2,1-4H3. The van der Waals surface area contributed by atoms with Crippen molar-refractivity contribution in [2.75, 3.05) is 5.75 Å². The van der Waals surface area contributed by atoms with Crippen LogP contribution in [0.1, 0.15) is 34.1 Å². The van der Waals surface area contributed by atoms with Crippen LogP contribution in [0.3, 0.4) is 0 Å². The molecule has 0 radical (unpaired) electrons. The monoisotopic (exact) mass is 293 g/mol. The van der Waals surface area contributed by atoms with Crippen molar-refractivity contribution in [3.05, 3.63) is 10.8 Å². The second kappa shape index (κ2) is 5.73. The molecule has 0 atom stereocenters. The van der Waals surface area contributed by atoms with Gasteiger partial charge in [0.25, 0.3) is 0 Å². The second-order valence-corrected chi connectivity index (χ2v) is 8.34. The molecule has 3 nitrogen and oxygen atoms in total. The first-order valence-electron chi connectivity index (χ1n) is 5.49. The number of thioether (sulfide) groups is 1. The average molecular weight is 293 g/mol. The smallest absolute Gasteiger partial charge is 0.207 e. The summed E-state index contributed by atoms with van der Waals surface area (Å²) in [5, 5.41) is 3.60. The molecular weight excluding hydrogens is 274 g/mol. The molecule has 1 aromatic heterocycles. The molecule has 0 aliphatic carbocycles. The Morgan fingerprint density at radius 3 is 2.53 bits per heavy atom.